The van der Waals surface area contributed by atoms with Gasteiger partial charge in [-0.2, -0.15) is 4.31 Å². The van der Waals surface area contributed by atoms with E-state index in [1.54, 1.807) is 20.8 Å². The fraction of sp³-hybridized carbons (Fsp3) is 0.429. The molecule has 3 rings (SSSR count). The van der Waals surface area contributed by atoms with Crippen molar-refractivity contribution in [3.05, 3.63) is 46.3 Å². The molecule has 0 spiro atoms. The normalized spacial score (nSPS) is 14.2. The van der Waals surface area contributed by atoms with Gasteiger partial charge < -0.3 is 10.1 Å². The van der Waals surface area contributed by atoms with Gasteiger partial charge in [-0.05, 0) is 74.7 Å². The SMILES string of the molecule is CCOC(=O)c1c(C2CC2)csc1NC(=O)c1ccc(S(=O)(=O)N(C)C(C)C)cc1. The van der Waals surface area contributed by atoms with E-state index in [4.69, 9.17) is 4.74 Å². The Labute approximate surface area is 181 Å². The van der Waals surface area contributed by atoms with Crippen LogP contribution in [0.1, 0.15) is 65.8 Å². The number of anilines is 1. The van der Waals surface area contributed by atoms with Crippen LogP contribution in [0.4, 0.5) is 5.00 Å². The Balaban J connectivity index is 1.81. The number of hydrogen-bond donors (Lipinski definition) is 1. The van der Waals surface area contributed by atoms with Crippen molar-refractivity contribution in [1.29, 1.82) is 0 Å². The highest BCUT2D eigenvalue weighted by Gasteiger charge is 2.32. The molecule has 0 unspecified atom stereocenters. The first-order chi connectivity index (χ1) is 14.2. The lowest BCUT2D eigenvalue weighted by atomic mass is 10.1. The Morgan fingerprint density at radius 2 is 1.87 bits per heavy atom. The molecule has 9 heteroatoms. The van der Waals surface area contributed by atoms with Gasteiger partial charge in [-0.1, -0.05) is 0 Å². The summed E-state index contributed by atoms with van der Waals surface area (Å²) in [5.74, 6) is -0.506. The van der Waals surface area contributed by atoms with Crippen molar-refractivity contribution in [2.45, 2.75) is 50.5 Å². The quantitative estimate of drug-likeness (QED) is 0.612. The predicted octanol–water partition coefficient (Wildman–Crippen LogP) is 4.08. The number of amides is 1. The van der Waals surface area contributed by atoms with Crippen molar-refractivity contribution < 1.29 is 22.7 Å². The molecule has 0 radical (unpaired) electrons. The third-order valence-corrected chi connectivity index (χ3v) is 8.03. The van der Waals surface area contributed by atoms with Gasteiger partial charge in [-0.3, -0.25) is 4.79 Å². The lowest BCUT2D eigenvalue weighted by Gasteiger charge is -2.21. The molecular formula is C21H26N2O5S2. The molecule has 0 bridgehead atoms. The summed E-state index contributed by atoms with van der Waals surface area (Å²) in [7, 11) is -2.10. The monoisotopic (exact) mass is 450 g/mol. The van der Waals surface area contributed by atoms with Crippen molar-refractivity contribution >= 4 is 38.2 Å². The van der Waals surface area contributed by atoms with E-state index in [1.165, 1.54) is 47.0 Å². The molecule has 1 N–H and O–H groups in total. The zero-order chi connectivity index (χ0) is 22.1. The Bertz CT molecular complexity index is 1040. The van der Waals surface area contributed by atoms with Crippen LogP contribution in [0, 0.1) is 0 Å². The van der Waals surface area contributed by atoms with Crippen molar-refractivity contribution in [1.82, 2.24) is 4.31 Å². The molecule has 1 saturated carbocycles. The number of esters is 1. The first kappa shape index (κ1) is 22.5. The van der Waals surface area contributed by atoms with Crippen LogP contribution in [-0.4, -0.2) is 44.3 Å². The zero-order valence-corrected chi connectivity index (χ0v) is 19.1. The van der Waals surface area contributed by atoms with Crippen LogP contribution >= 0.6 is 11.3 Å². The summed E-state index contributed by atoms with van der Waals surface area (Å²) in [5, 5.41) is 5.14. The first-order valence-electron chi connectivity index (χ1n) is 9.84. The van der Waals surface area contributed by atoms with Crippen LogP contribution in [0.25, 0.3) is 0 Å². The molecule has 7 nitrogen and oxygen atoms in total. The van der Waals surface area contributed by atoms with Gasteiger partial charge in [-0.15, -0.1) is 11.3 Å². The van der Waals surface area contributed by atoms with Crippen molar-refractivity contribution in [3.63, 3.8) is 0 Å². The van der Waals surface area contributed by atoms with Gasteiger partial charge in [-0.25, -0.2) is 13.2 Å². The summed E-state index contributed by atoms with van der Waals surface area (Å²) < 4.78 is 31.6. The molecule has 1 heterocycles. The van der Waals surface area contributed by atoms with Gasteiger partial charge in [0.15, 0.2) is 0 Å². The number of benzene rings is 1. The molecule has 1 aromatic heterocycles. The molecule has 0 saturated heterocycles. The lowest BCUT2D eigenvalue weighted by Crippen LogP contribution is -2.33. The van der Waals surface area contributed by atoms with Gasteiger partial charge in [0.2, 0.25) is 10.0 Å². The second-order valence-electron chi connectivity index (χ2n) is 7.48. The smallest absolute Gasteiger partial charge is 0.341 e. The van der Waals surface area contributed by atoms with Crippen molar-refractivity contribution in [2.24, 2.45) is 0 Å². The number of carbonyl (C=O) groups excluding carboxylic acids is 2. The topological polar surface area (TPSA) is 92.8 Å². The molecule has 1 aliphatic carbocycles. The third-order valence-electron chi connectivity index (χ3n) is 5.06. The fourth-order valence-electron chi connectivity index (χ4n) is 2.97. The predicted molar refractivity (Wildman–Crippen MR) is 117 cm³/mol. The number of ether oxygens (including phenoxy) is 1. The molecule has 1 aliphatic rings. The van der Waals surface area contributed by atoms with Gasteiger partial charge >= 0.3 is 5.97 Å². The Morgan fingerprint density at radius 3 is 2.40 bits per heavy atom. The summed E-state index contributed by atoms with van der Waals surface area (Å²) in [6.45, 7) is 5.58. The molecule has 1 fully saturated rings. The number of rotatable bonds is 8. The molecule has 30 heavy (non-hydrogen) atoms. The maximum absolute atomic E-state index is 12.7. The number of nitrogens with zero attached hydrogens (tertiary/aromatic N) is 1. The lowest BCUT2D eigenvalue weighted by molar-refractivity contribution is 0.0527. The third kappa shape index (κ3) is 4.58. The summed E-state index contributed by atoms with van der Waals surface area (Å²) in [6.07, 6.45) is 2.05. The number of carbonyl (C=O) groups is 2. The van der Waals surface area contributed by atoms with E-state index in [0.717, 1.165) is 18.4 Å². The second kappa shape index (κ2) is 8.87. The second-order valence-corrected chi connectivity index (χ2v) is 10.4. The highest BCUT2D eigenvalue weighted by atomic mass is 32.2. The number of hydrogen-bond acceptors (Lipinski definition) is 6. The molecule has 0 aliphatic heterocycles. The summed E-state index contributed by atoms with van der Waals surface area (Å²) in [6, 6.07) is 5.59. The Morgan fingerprint density at radius 1 is 1.23 bits per heavy atom. The van der Waals surface area contributed by atoms with Crippen LogP contribution in [-0.2, 0) is 14.8 Å². The van der Waals surface area contributed by atoms with Crippen LogP contribution in [0.5, 0.6) is 0 Å². The highest BCUT2D eigenvalue weighted by Crippen LogP contribution is 2.46. The van der Waals surface area contributed by atoms with Crippen LogP contribution in [0.2, 0.25) is 0 Å². The molecule has 1 aromatic carbocycles. The minimum atomic E-state index is -3.62. The number of thiophene rings is 1. The maximum atomic E-state index is 12.7. The van der Waals surface area contributed by atoms with E-state index < -0.39 is 21.9 Å². The average Bonchev–Trinajstić information content (AvgIpc) is 3.47. The molecular weight excluding hydrogens is 424 g/mol. The molecule has 0 atom stereocenters. The van der Waals surface area contributed by atoms with E-state index in [2.05, 4.69) is 5.32 Å². The maximum Gasteiger partial charge on any atom is 0.341 e. The Kier molecular flexibility index (Phi) is 6.64. The first-order valence-corrected chi connectivity index (χ1v) is 12.2. The van der Waals surface area contributed by atoms with Crippen molar-refractivity contribution in [2.75, 3.05) is 19.0 Å². The van der Waals surface area contributed by atoms with E-state index in [9.17, 15) is 18.0 Å². The number of sulfonamides is 1. The molecule has 1 amide bonds. The van der Waals surface area contributed by atoms with Gasteiger partial charge in [0.25, 0.3) is 5.91 Å². The van der Waals surface area contributed by atoms with Gasteiger partial charge in [0.1, 0.15) is 5.00 Å². The number of nitrogens with one attached hydrogen (secondary N) is 1. The van der Waals surface area contributed by atoms with Crippen molar-refractivity contribution in [3.8, 4) is 0 Å². The summed E-state index contributed by atoms with van der Waals surface area (Å²) >= 11 is 1.30. The fourth-order valence-corrected chi connectivity index (χ4v) is 5.36. The minimum absolute atomic E-state index is 0.120. The molecule has 2 aromatic rings. The average molecular weight is 451 g/mol. The van der Waals surface area contributed by atoms with Crippen LogP contribution in [0.3, 0.4) is 0 Å². The summed E-state index contributed by atoms with van der Waals surface area (Å²) in [4.78, 5) is 25.3. The van der Waals surface area contributed by atoms with E-state index in [0.29, 0.717) is 22.0 Å². The largest absolute Gasteiger partial charge is 0.462 e. The standard InChI is InChI=1S/C21H26N2O5S2/c1-5-28-21(25)18-17(14-6-7-14)12-29-20(18)22-19(24)15-8-10-16(11-9-15)30(26,27)23(4)13(2)3/h8-14H,5-7H2,1-4H3,(H,22,24). The van der Waals surface area contributed by atoms with E-state index in [1.807, 2.05) is 5.38 Å². The zero-order valence-electron chi connectivity index (χ0n) is 17.5. The van der Waals surface area contributed by atoms with E-state index >= 15 is 0 Å². The van der Waals surface area contributed by atoms with Gasteiger partial charge in [0, 0.05) is 18.7 Å². The van der Waals surface area contributed by atoms with Gasteiger partial charge in [0.05, 0.1) is 17.1 Å². The Hall–Kier alpha value is -2.23. The molecule has 162 valence electrons. The summed E-state index contributed by atoms with van der Waals surface area (Å²) in [5.41, 5.74) is 1.65. The van der Waals surface area contributed by atoms with Crippen LogP contribution < -0.4 is 5.32 Å². The minimum Gasteiger partial charge on any atom is -0.462 e. The highest BCUT2D eigenvalue weighted by molar-refractivity contribution is 7.89. The van der Waals surface area contributed by atoms with Crippen LogP contribution in [0.15, 0.2) is 34.5 Å². The van der Waals surface area contributed by atoms with E-state index in [-0.39, 0.29) is 17.5 Å².